The summed E-state index contributed by atoms with van der Waals surface area (Å²) in [5.74, 6) is -0.00407. The monoisotopic (exact) mass is 1270 g/mol. The van der Waals surface area contributed by atoms with Crippen LogP contribution in [0.5, 0.6) is 0 Å². The second kappa shape index (κ2) is 80.0. The first kappa shape index (κ1) is 88.6. The standard InChI is InChI=1S/C84H165NO5/c1-3-5-7-9-11-13-15-17-19-21-23-24-25-31-34-37-41-44-48-52-56-60-64-68-72-76-82(87)81(80-86)85-83(88)77-73-69-65-61-57-53-49-45-42-38-35-32-29-27-26-28-30-33-36-39-43-47-51-55-59-63-67-71-75-79-90-84(89)78-74-70-66-62-58-54-50-46-40-22-20-18-16-14-12-10-8-6-4-2/h18,20,81-82,86-87H,3-17,19,21-80H2,1-2H3,(H,85,88)/b20-18-. The van der Waals surface area contributed by atoms with Crippen molar-refractivity contribution in [3.8, 4) is 0 Å². The number of carbonyl (C=O) groups is 2. The van der Waals surface area contributed by atoms with Crippen LogP contribution < -0.4 is 5.32 Å². The van der Waals surface area contributed by atoms with E-state index in [1.54, 1.807) is 0 Å². The highest BCUT2D eigenvalue weighted by Gasteiger charge is 2.20. The minimum atomic E-state index is -0.663. The van der Waals surface area contributed by atoms with Gasteiger partial charge in [0.1, 0.15) is 0 Å². The zero-order valence-corrected chi connectivity index (χ0v) is 61.7. The number of hydrogen-bond acceptors (Lipinski definition) is 5. The summed E-state index contributed by atoms with van der Waals surface area (Å²) in [6.45, 7) is 5.01. The number of hydrogen-bond donors (Lipinski definition) is 3. The number of rotatable bonds is 80. The lowest BCUT2D eigenvalue weighted by atomic mass is 10.0. The van der Waals surface area contributed by atoms with Gasteiger partial charge >= 0.3 is 5.97 Å². The fourth-order valence-electron chi connectivity index (χ4n) is 13.7. The second-order valence-electron chi connectivity index (χ2n) is 29.2. The maximum absolute atomic E-state index is 12.6. The van der Waals surface area contributed by atoms with Gasteiger partial charge < -0.3 is 20.3 Å². The lowest BCUT2D eigenvalue weighted by molar-refractivity contribution is -0.143. The minimum absolute atomic E-state index is 0.0207. The number of allylic oxidation sites excluding steroid dienone is 2. The fourth-order valence-corrected chi connectivity index (χ4v) is 13.7. The highest BCUT2D eigenvalue weighted by molar-refractivity contribution is 5.76. The summed E-state index contributed by atoms with van der Waals surface area (Å²) in [6.07, 6.45) is 102. The van der Waals surface area contributed by atoms with Gasteiger partial charge in [-0.3, -0.25) is 9.59 Å². The fraction of sp³-hybridized carbons (Fsp3) is 0.952. The van der Waals surface area contributed by atoms with Crippen molar-refractivity contribution in [1.82, 2.24) is 5.32 Å². The van der Waals surface area contributed by atoms with Crippen LogP contribution in [0.2, 0.25) is 0 Å². The molecule has 0 aliphatic carbocycles. The van der Waals surface area contributed by atoms with E-state index in [4.69, 9.17) is 4.74 Å². The molecule has 6 nitrogen and oxygen atoms in total. The minimum Gasteiger partial charge on any atom is -0.466 e. The molecular weight excluding hydrogens is 1100 g/mol. The van der Waals surface area contributed by atoms with E-state index < -0.39 is 12.1 Å². The Morgan fingerprint density at radius 2 is 0.522 bits per heavy atom. The highest BCUT2D eigenvalue weighted by atomic mass is 16.5. The molecule has 0 bridgehead atoms. The summed E-state index contributed by atoms with van der Waals surface area (Å²) < 4.78 is 5.52. The van der Waals surface area contributed by atoms with Crippen molar-refractivity contribution in [3.05, 3.63) is 12.2 Å². The van der Waals surface area contributed by atoms with Crippen LogP contribution >= 0.6 is 0 Å². The third-order valence-corrected chi connectivity index (χ3v) is 20.1. The van der Waals surface area contributed by atoms with Gasteiger partial charge in [0.05, 0.1) is 25.4 Å². The molecule has 0 fully saturated rings. The third-order valence-electron chi connectivity index (χ3n) is 20.1. The average Bonchev–Trinajstić information content (AvgIpc) is 3.69. The van der Waals surface area contributed by atoms with Gasteiger partial charge in [0.25, 0.3) is 0 Å². The van der Waals surface area contributed by atoms with Gasteiger partial charge in [-0.2, -0.15) is 0 Å². The van der Waals surface area contributed by atoms with Gasteiger partial charge in [-0.25, -0.2) is 0 Å². The van der Waals surface area contributed by atoms with Crippen molar-refractivity contribution in [3.63, 3.8) is 0 Å². The summed E-state index contributed by atoms with van der Waals surface area (Å²) in [5.41, 5.74) is 0. The van der Waals surface area contributed by atoms with Gasteiger partial charge in [0.2, 0.25) is 5.91 Å². The summed E-state index contributed by atoms with van der Waals surface area (Å²) in [7, 11) is 0. The zero-order chi connectivity index (χ0) is 64.9. The SMILES string of the molecule is CCCCCCCC/C=C\CCCCCCCCCCCC(=O)OCCCCCCCCCCCCCCCCCCCCCCCCCCCCCCCC(=O)NC(CO)C(O)CCCCCCCCCCCCCCCCCCCCCCCCCCC. The Kier molecular flexibility index (Phi) is 78.8. The maximum atomic E-state index is 12.6. The predicted octanol–water partition coefficient (Wildman–Crippen LogP) is 27.8. The Bertz CT molecular complexity index is 1370. The van der Waals surface area contributed by atoms with Crippen LogP contribution in [0, 0.1) is 0 Å². The molecule has 3 N–H and O–H groups in total. The van der Waals surface area contributed by atoms with E-state index in [9.17, 15) is 19.8 Å². The molecular formula is C84H165NO5. The number of ether oxygens (including phenoxy) is 1. The van der Waals surface area contributed by atoms with Crippen LogP contribution in [0.15, 0.2) is 12.2 Å². The van der Waals surface area contributed by atoms with Gasteiger partial charge in [0.15, 0.2) is 0 Å². The van der Waals surface area contributed by atoms with Crippen molar-refractivity contribution in [2.75, 3.05) is 13.2 Å². The summed E-state index contributed by atoms with van der Waals surface area (Å²) in [5, 5.41) is 23.5. The largest absolute Gasteiger partial charge is 0.466 e. The molecule has 1 amide bonds. The molecule has 0 aromatic heterocycles. The van der Waals surface area contributed by atoms with Gasteiger partial charge in [-0.05, 0) is 51.4 Å². The average molecular weight is 1270 g/mol. The Morgan fingerprint density at radius 1 is 0.300 bits per heavy atom. The molecule has 536 valence electrons. The number of aliphatic hydroxyl groups excluding tert-OH is 2. The van der Waals surface area contributed by atoms with Crippen molar-refractivity contribution in [2.24, 2.45) is 0 Å². The van der Waals surface area contributed by atoms with Gasteiger partial charge in [-0.1, -0.05) is 437 Å². The number of amides is 1. The first-order valence-corrected chi connectivity index (χ1v) is 41.9. The van der Waals surface area contributed by atoms with E-state index >= 15 is 0 Å². The number of nitrogens with one attached hydrogen (secondary N) is 1. The van der Waals surface area contributed by atoms with Crippen LogP contribution in [0.3, 0.4) is 0 Å². The normalized spacial score (nSPS) is 12.4. The molecule has 0 rings (SSSR count). The maximum Gasteiger partial charge on any atom is 0.305 e. The molecule has 6 heteroatoms. The molecule has 2 unspecified atom stereocenters. The van der Waals surface area contributed by atoms with Crippen molar-refractivity contribution >= 4 is 11.9 Å². The Morgan fingerprint density at radius 3 is 0.789 bits per heavy atom. The van der Waals surface area contributed by atoms with E-state index in [1.807, 2.05) is 0 Å². The van der Waals surface area contributed by atoms with E-state index in [0.29, 0.717) is 25.9 Å². The molecule has 0 aliphatic heterocycles. The molecule has 0 aliphatic rings. The lowest BCUT2D eigenvalue weighted by Crippen LogP contribution is -2.45. The summed E-state index contributed by atoms with van der Waals surface area (Å²) in [6, 6.07) is -0.540. The van der Waals surface area contributed by atoms with Crippen LogP contribution in [0.25, 0.3) is 0 Å². The number of aliphatic hydroxyl groups is 2. The van der Waals surface area contributed by atoms with E-state index in [-0.39, 0.29) is 18.5 Å². The smallest absolute Gasteiger partial charge is 0.305 e. The van der Waals surface area contributed by atoms with Gasteiger partial charge in [-0.15, -0.1) is 0 Å². The van der Waals surface area contributed by atoms with Crippen LogP contribution in [-0.4, -0.2) is 47.4 Å². The molecule has 2 atom stereocenters. The second-order valence-corrected chi connectivity index (χ2v) is 29.2. The molecule has 0 spiro atoms. The Balaban J connectivity index is 3.33. The summed E-state index contributed by atoms with van der Waals surface area (Å²) in [4.78, 5) is 24.7. The molecule has 0 heterocycles. The van der Waals surface area contributed by atoms with E-state index in [0.717, 1.165) is 38.5 Å². The number of carbonyl (C=O) groups excluding carboxylic acids is 2. The number of esters is 1. The molecule has 0 aromatic rings. The van der Waals surface area contributed by atoms with Crippen LogP contribution in [0.1, 0.15) is 489 Å². The first-order chi connectivity index (χ1) is 44.5. The third kappa shape index (κ3) is 75.6. The molecule has 0 saturated carbocycles. The molecule has 0 aromatic carbocycles. The predicted molar refractivity (Wildman–Crippen MR) is 398 cm³/mol. The quantitative estimate of drug-likeness (QED) is 0.0320. The first-order valence-electron chi connectivity index (χ1n) is 41.9. The van der Waals surface area contributed by atoms with E-state index in [2.05, 4.69) is 31.3 Å². The Hall–Kier alpha value is -1.40. The van der Waals surface area contributed by atoms with Crippen molar-refractivity contribution in [2.45, 2.75) is 501 Å². The Labute approximate surface area is 565 Å². The topological polar surface area (TPSA) is 95.9 Å². The highest BCUT2D eigenvalue weighted by Crippen LogP contribution is 2.21. The van der Waals surface area contributed by atoms with Crippen molar-refractivity contribution < 1.29 is 24.5 Å². The summed E-state index contributed by atoms with van der Waals surface area (Å²) >= 11 is 0. The molecule has 0 saturated heterocycles. The van der Waals surface area contributed by atoms with Gasteiger partial charge in [0, 0.05) is 12.8 Å². The zero-order valence-electron chi connectivity index (χ0n) is 61.7. The van der Waals surface area contributed by atoms with E-state index in [1.165, 1.54) is 417 Å². The van der Waals surface area contributed by atoms with Crippen LogP contribution in [0.4, 0.5) is 0 Å². The van der Waals surface area contributed by atoms with Crippen LogP contribution in [-0.2, 0) is 14.3 Å². The molecule has 0 radical (unpaired) electrons. The lowest BCUT2D eigenvalue weighted by Gasteiger charge is -2.22. The van der Waals surface area contributed by atoms with Crippen molar-refractivity contribution in [1.29, 1.82) is 0 Å². The molecule has 90 heavy (non-hydrogen) atoms. The number of unbranched alkanes of at least 4 members (excludes halogenated alkanes) is 67.